The summed E-state index contributed by atoms with van der Waals surface area (Å²) in [7, 11) is 0. The van der Waals surface area contributed by atoms with E-state index in [-0.39, 0.29) is 35.5 Å². The molecule has 0 aromatic heterocycles. The van der Waals surface area contributed by atoms with Crippen molar-refractivity contribution < 1.29 is 14.3 Å². The van der Waals surface area contributed by atoms with Crippen LogP contribution >= 0.6 is 23.4 Å². The van der Waals surface area contributed by atoms with E-state index in [4.69, 9.17) is 11.6 Å². The Kier molecular flexibility index (Phi) is 5.56. The van der Waals surface area contributed by atoms with Crippen molar-refractivity contribution in [3.63, 3.8) is 0 Å². The van der Waals surface area contributed by atoms with Gasteiger partial charge >= 0.3 is 0 Å². The number of nitrogens with one attached hydrogen (secondary N) is 3. The number of hydrogen-bond acceptors (Lipinski definition) is 6. The van der Waals surface area contributed by atoms with Gasteiger partial charge in [-0.25, -0.2) is 4.39 Å². The van der Waals surface area contributed by atoms with E-state index in [1.54, 1.807) is 0 Å². The Labute approximate surface area is 174 Å². The fourth-order valence-corrected chi connectivity index (χ4v) is 7.52. The van der Waals surface area contributed by atoms with Gasteiger partial charge in [0.05, 0.1) is 17.5 Å². The summed E-state index contributed by atoms with van der Waals surface area (Å²) in [5, 5.41) is 20.0. The molecule has 5 aliphatic rings. The Balaban J connectivity index is 1.14. The van der Waals surface area contributed by atoms with E-state index in [2.05, 4.69) is 16.0 Å². The van der Waals surface area contributed by atoms with E-state index >= 15 is 0 Å². The summed E-state index contributed by atoms with van der Waals surface area (Å²) in [6.07, 6.45) is 3.43. The third kappa shape index (κ3) is 3.69. The van der Waals surface area contributed by atoms with Crippen LogP contribution in [0.3, 0.4) is 0 Å². The SMILES string of the molecule is O=C(C1CC2C(CCC(F)C2Cl)N1)N1CCC2NC(NC3CC(O)C3)SC2C1. The topological polar surface area (TPSA) is 76.6 Å². The van der Waals surface area contributed by atoms with E-state index in [1.165, 1.54) is 0 Å². The highest BCUT2D eigenvalue weighted by Gasteiger charge is 2.48. The molecule has 158 valence electrons. The van der Waals surface area contributed by atoms with Gasteiger partial charge in [-0.1, -0.05) is 0 Å². The van der Waals surface area contributed by atoms with Crippen molar-refractivity contribution in [1.82, 2.24) is 20.9 Å². The minimum Gasteiger partial charge on any atom is -0.393 e. The first-order valence-corrected chi connectivity index (χ1v) is 12.0. The first kappa shape index (κ1) is 19.8. The minimum absolute atomic E-state index is 0.0610. The molecule has 3 aliphatic heterocycles. The summed E-state index contributed by atoms with van der Waals surface area (Å²) >= 11 is 8.18. The van der Waals surface area contributed by atoms with Crippen LogP contribution in [-0.4, -0.2) is 81.6 Å². The lowest BCUT2D eigenvalue weighted by Gasteiger charge is -2.35. The molecule has 5 rings (SSSR count). The Morgan fingerprint density at radius 2 is 2.00 bits per heavy atom. The molecule has 3 saturated heterocycles. The van der Waals surface area contributed by atoms with Crippen LogP contribution < -0.4 is 16.0 Å². The van der Waals surface area contributed by atoms with Gasteiger partial charge in [0.2, 0.25) is 5.91 Å². The maximum atomic E-state index is 13.9. The highest BCUT2D eigenvalue weighted by atomic mass is 35.5. The summed E-state index contributed by atoms with van der Waals surface area (Å²) in [4.78, 5) is 15.1. The third-order valence-electron chi connectivity index (χ3n) is 7.29. The smallest absolute Gasteiger partial charge is 0.239 e. The highest BCUT2D eigenvalue weighted by Crippen LogP contribution is 2.39. The fraction of sp³-hybridized carbons (Fsp3) is 0.947. The summed E-state index contributed by atoms with van der Waals surface area (Å²) in [6, 6.07) is 0.778. The van der Waals surface area contributed by atoms with Gasteiger partial charge in [-0.05, 0) is 44.4 Å². The number of halogens is 2. The van der Waals surface area contributed by atoms with E-state index in [1.807, 2.05) is 16.7 Å². The molecule has 1 amide bonds. The van der Waals surface area contributed by atoms with Gasteiger partial charge in [0.25, 0.3) is 0 Å². The van der Waals surface area contributed by atoms with Crippen molar-refractivity contribution in [1.29, 1.82) is 0 Å². The first-order valence-electron chi connectivity index (χ1n) is 10.7. The predicted octanol–water partition coefficient (Wildman–Crippen LogP) is 0.775. The van der Waals surface area contributed by atoms with E-state index in [9.17, 15) is 14.3 Å². The average Bonchev–Trinajstić information content (AvgIpc) is 3.26. The summed E-state index contributed by atoms with van der Waals surface area (Å²) in [6.45, 7) is 1.53. The monoisotopic (exact) mass is 432 g/mol. The molecule has 4 N–H and O–H groups in total. The molecule has 9 heteroatoms. The van der Waals surface area contributed by atoms with Gasteiger partial charge in [-0.3, -0.25) is 15.4 Å². The summed E-state index contributed by atoms with van der Waals surface area (Å²) in [5.41, 5.74) is 0.202. The van der Waals surface area contributed by atoms with Gasteiger partial charge < -0.3 is 15.3 Å². The molecule has 0 spiro atoms. The van der Waals surface area contributed by atoms with Crippen LogP contribution in [0.25, 0.3) is 0 Å². The molecule has 0 aromatic rings. The normalized spacial score (nSPS) is 50.8. The van der Waals surface area contributed by atoms with Crippen LogP contribution in [0.15, 0.2) is 0 Å². The number of thioether (sulfide) groups is 1. The Hall–Kier alpha value is -0.120. The number of piperidine rings is 1. The largest absolute Gasteiger partial charge is 0.393 e. The number of alkyl halides is 2. The Morgan fingerprint density at radius 3 is 2.79 bits per heavy atom. The summed E-state index contributed by atoms with van der Waals surface area (Å²) < 4.78 is 13.9. The molecule has 2 saturated carbocycles. The van der Waals surface area contributed by atoms with Crippen LogP contribution in [0.4, 0.5) is 4.39 Å². The fourth-order valence-electron chi connectivity index (χ4n) is 5.57. The van der Waals surface area contributed by atoms with Gasteiger partial charge in [0.1, 0.15) is 11.7 Å². The second-order valence-corrected chi connectivity index (χ2v) is 11.0. The van der Waals surface area contributed by atoms with Gasteiger partial charge in [-0.15, -0.1) is 23.4 Å². The second kappa shape index (κ2) is 7.85. The highest BCUT2D eigenvalue weighted by molar-refractivity contribution is 8.00. The molecule has 8 atom stereocenters. The van der Waals surface area contributed by atoms with Crippen LogP contribution in [0.1, 0.15) is 38.5 Å². The number of hydrogen-bond donors (Lipinski definition) is 4. The van der Waals surface area contributed by atoms with Crippen molar-refractivity contribution in [3.8, 4) is 0 Å². The molecule has 2 aliphatic carbocycles. The van der Waals surface area contributed by atoms with Crippen LogP contribution in [0.5, 0.6) is 0 Å². The van der Waals surface area contributed by atoms with E-state index in [0.717, 1.165) is 38.8 Å². The molecule has 0 aromatic carbocycles. The van der Waals surface area contributed by atoms with E-state index < -0.39 is 11.5 Å². The van der Waals surface area contributed by atoms with Crippen LogP contribution in [-0.2, 0) is 4.79 Å². The lowest BCUT2D eigenvalue weighted by atomic mass is 9.83. The van der Waals surface area contributed by atoms with Crippen molar-refractivity contribution in [2.45, 2.75) is 91.1 Å². The van der Waals surface area contributed by atoms with Gasteiger partial charge in [-0.2, -0.15) is 0 Å². The van der Waals surface area contributed by atoms with Gasteiger partial charge in [0, 0.05) is 36.5 Å². The number of rotatable bonds is 3. The van der Waals surface area contributed by atoms with Crippen molar-refractivity contribution in [2.75, 3.05) is 13.1 Å². The molecular weight excluding hydrogens is 403 g/mol. The molecule has 8 unspecified atom stereocenters. The molecule has 0 bridgehead atoms. The zero-order valence-corrected chi connectivity index (χ0v) is 17.5. The maximum Gasteiger partial charge on any atom is 0.239 e. The number of aliphatic hydroxyl groups is 1. The maximum absolute atomic E-state index is 13.9. The minimum atomic E-state index is -0.948. The number of carbonyl (C=O) groups excluding carboxylic acids is 1. The number of amides is 1. The zero-order valence-electron chi connectivity index (χ0n) is 15.9. The molecule has 28 heavy (non-hydrogen) atoms. The molecule has 0 radical (unpaired) electrons. The number of likely N-dealkylation sites (tertiary alicyclic amines) is 1. The second-order valence-electron chi connectivity index (χ2n) is 9.15. The standard InChI is InChI=1S/C19H30ClFN4O2S/c20-17-11-7-15(23-13(11)2-1-12(17)21)18(27)25-4-3-14-16(8-25)28-19(24-14)22-9-5-10(26)6-9/h9-17,19,22-24,26H,1-8H2. The molecule has 3 heterocycles. The average molecular weight is 433 g/mol. The van der Waals surface area contributed by atoms with Crippen molar-refractivity contribution in [3.05, 3.63) is 0 Å². The Morgan fingerprint density at radius 1 is 1.18 bits per heavy atom. The Bertz CT molecular complexity index is 612. The number of aliphatic hydroxyl groups excluding tert-OH is 1. The van der Waals surface area contributed by atoms with Crippen LogP contribution in [0, 0.1) is 5.92 Å². The van der Waals surface area contributed by atoms with Crippen molar-refractivity contribution in [2.24, 2.45) is 5.92 Å². The zero-order chi connectivity index (χ0) is 19.4. The number of carbonyl (C=O) groups is 1. The van der Waals surface area contributed by atoms with Gasteiger partial charge in [0.15, 0.2) is 0 Å². The summed E-state index contributed by atoms with van der Waals surface area (Å²) in [5.74, 6) is 0.220. The lowest BCUT2D eigenvalue weighted by molar-refractivity contribution is -0.134. The molecular formula is C19H30ClFN4O2S. The predicted molar refractivity (Wildman–Crippen MR) is 108 cm³/mol. The number of fused-ring (bicyclic) bond motifs is 2. The first-order chi connectivity index (χ1) is 13.5. The number of nitrogens with zero attached hydrogens (tertiary/aromatic N) is 1. The molecule has 5 fully saturated rings. The van der Waals surface area contributed by atoms with E-state index in [0.29, 0.717) is 30.2 Å². The molecule has 6 nitrogen and oxygen atoms in total. The third-order valence-corrected chi connectivity index (χ3v) is 9.26. The quantitative estimate of drug-likeness (QED) is 0.494. The lowest BCUT2D eigenvalue weighted by Crippen LogP contribution is -2.55. The van der Waals surface area contributed by atoms with Crippen molar-refractivity contribution >= 4 is 29.3 Å². The van der Waals surface area contributed by atoms with Crippen LogP contribution in [0.2, 0.25) is 0 Å².